The van der Waals surface area contributed by atoms with Gasteiger partial charge < -0.3 is 21.3 Å². The van der Waals surface area contributed by atoms with Gasteiger partial charge in [0.05, 0.1) is 11.3 Å². The van der Waals surface area contributed by atoms with Gasteiger partial charge in [-0.15, -0.1) is 0 Å². The van der Waals surface area contributed by atoms with Crippen molar-refractivity contribution >= 4 is 17.7 Å². The first kappa shape index (κ1) is 12.8. The number of nitrogens with one attached hydrogen (secondary N) is 1. The van der Waals surface area contributed by atoms with Crippen molar-refractivity contribution in [1.29, 1.82) is 0 Å². The molecule has 2 rings (SSSR count). The number of nitrogens with two attached hydrogens (primary N) is 1. The van der Waals surface area contributed by atoms with Crippen LogP contribution >= 0.6 is 0 Å². The first-order valence-corrected chi connectivity index (χ1v) is 4.92. The van der Waals surface area contributed by atoms with Crippen LogP contribution in [0.25, 0.3) is 0 Å². The molecule has 17 heavy (non-hydrogen) atoms. The zero-order chi connectivity index (χ0) is 12.8. The number of hydrogen-bond acceptors (Lipinski definition) is 4. The second-order valence-electron chi connectivity index (χ2n) is 3.54. The third-order valence-electron chi connectivity index (χ3n) is 1.93. The maximum absolute atomic E-state index is 11.4. The number of nitrogens with zero attached hydrogens (tertiary/aromatic N) is 1. The summed E-state index contributed by atoms with van der Waals surface area (Å²) in [4.78, 5) is 23.8. The summed E-state index contributed by atoms with van der Waals surface area (Å²) in [6.45, 7) is 0. The van der Waals surface area contributed by atoms with Crippen LogP contribution in [-0.4, -0.2) is 33.3 Å². The highest BCUT2D eigenvalue weighted by Crippen LogP contribution is 2.19. The number of amides is 1. The minimum absolute atomic E-state index is 0.0812. The molecule has 1 aromatic rings. The highest BCUT2D eigenvalue weighted by molar-refractivity contribution is 5.94. The third kappa shape index (κ3) is 5.36. The molecule has 0 spiro atoms. The molecule has 0 aliphatic heterocycles. The quantitative estimate of drug-likeness (QED) is 0.604. The van der Waals surface area contributed by atoms with Crippen LogP contribution in [0.4, 0.5) is 10.5 Å². The molecule has 0 aromatic carbocycles. The Bertz CT molecular complexity index is 414. The molecule has 1 heterocycles. The number of carbonyl (C=O) groups excluding carboxylic acids is 1. The normalized spacial score (nSPS) is 13.2. The Labute approximate surface area is 97.3 Å². The average molecular weight is 239 g/mol. The lowest BCUT2D eigenvalue weighted by atomic mass is 10.2. The third-order valence-corrected chi connectivity index (χ3v) is 1.93. The van der Waals surface area contributed by atoms with Crippen LogP contribution in [0.1, 0.15) is 23.2 Å². The van der Waals surface area contributed by atoms with E-state index >= 15 is 0 Å². The van der Waals surface area contributed by atoms with E-state index in [0.29, 0.717) is 17.3 Å². The summed E-state index contributed by atoms with van der Waals surface area (Å²) in [6.07, 6.45) is 3.38. The molecule has 1 aliphatic carbocycles. The van der Waals surface area contributed by atoms with Gasteiger partial charge in [-0.05, 0) is 18.9 Å². The molecule has 7 heteroatoms. The van der Waals surface area contributed by atoms with Gasteiger partial charge in [-0.25, -0.2) is 4.79 Å². The fourth-order valence-electron chi connectivity index (χ4n) is 1.08. The van der Waals surface area contributed by atoms with E-state index in [2.05, 4.69) is 10.3 Å². The van der Waals surface area contributed by atoms with E-state index in [1.54, 1.807) is 6.07 Å². The number of nitrogen functional groups attached to an aromatic ring is 1. The highest BCUT2D eigenvalue weighted by Gasteiger charge is 2.23. The van der Waals surface area contributed by atoms with Crippen LogP contribution in [0, 0.1) is 0 Å². The van der Waals surface area contributed by atoms with Crippen molar-refractivity contribution in [2.24, 2.45) is 0 Å². The molecule has 0 unspecified atom stereocenters. The van der Waals surface area contributed by atoms with Crippen molar-refractivity contribution in [3.05, 3.63) is 24.0 Å². The zero-order valence-corrected chi connectivity index (χ0v) is 8.96. The first-order chi connectivity index (χ1) is 7.99. The lowest BCUT2D eigenvalue weighted by molar-refractivity contribution is 0.0950. The molecular weight excluding hydrogens is 226 g/mol. The maximum atomic E-state index is 11.4. The predicted octanol–water partition coefficient (Wildman–Crippen LogP) is 0.778. The van der Waals surface area contributed by atoms with Gasteiger partial charge >= 0.3 is 6.16 Å². The Morgan fingerprint density at radius 1 is 1.35 bits per heavy atom. The molecule has 5 N–H and O–H groups in total. The molecular formula is C10H13N3O4. The molecule has 1 saturated carbocycles. The number of aromatic nitrogens is 1. The van der Waals surface area contributed by atoms with E-state index < -0.39 is 6.16 Å². The molecule has 1 aromatic heterocycles. The van der Waals surface area contributed by atoms with Gasteiger partial charge in [0, 0.05) is 18.4 Å². The summed E-state index contributed by atoms with van der Waals surface area (Å²) in [5.41, 5.74) is 6.55. The maximum Gasteiger partial charge on any atom is 0.503 e. The van der Waals surface area contributed by atoms with Gasteiger partial charge in [0.15, 0.2) is 0 Å². The lowest BCUT2D eigenvalue weighted by Gasteiger charge is -2.02. The summed E-state index contributed by atoms with van der Waals surface area (Å²) in [6, 6.07) is 2.00. The fourth-order valence-corrected chi connectivity index (χ4v) is 1.08. The highest BCUT2D eigenvalue weighted by atomic mass is 16.6. The smallest absolute Gasteiger partial charge is 0.450 e. The fraction of sp³-hybridized carbons (Fsp3) is 0.300. The van der Waals surface area contributed by atoms with E-state index in [0.717, 1.165) is 12.8 Å². The number of hydrogen-bond donors (Lipinski definition) is 4. The standard InChI is InChI=1S/C9H11N3O.CH2O3/c10-7-3-6(4-11-5-7)9(13)12-8-1-2-8;2-1(3)4/h3-5,8H,1-2,10H2,(H,12,13);(H2,2,3,4). The zero-order valence-electron chi connectivity index (χ0n) is 8.96. The lowest BCUT2D eigenvalue weighted by Crippen LogP contribution is -2.25. The van der Waals surface area contributed by atoms with E-state index in [-0.39, 0.29) is 5.91 Å². The number of carboxylic acid groups (broad SMARTS) is 2. The molecule has 92 valence electrons. The van der Waals surface area contributed by atoms with Crippen molar-refractivity contribution in [3.8, 4) is 0 Å². The number of carbonyl (C=O) groups is 2. The first-order valence-electron chi connectivity index (χ1n) is 4.92. The summed E-state index contributed by atoms with van der Waals surface area (Å²) < 4.78 is 0. The number of anilines is 1. The van der Waals surface area contributed by atoms with Gasteiger partial charge in [-0.3, -0.25) is 9.78 Å². The van der Waals surface area contributed by atoms with Gasteiger partial charge in [0.1, 0.15) is 0 Å². The summed E-state index contributed by atoms with van der Waals surface area (Å²) in [5.74, 6) is -0.0812. The number of pyridine rings is 1. The Morgan fingerprint density at radius 3 is 2.41 bits per heavy atom. The Balaban J connectivity index is 0.000000317. The Hall–Kier alpha value is -2.31. The molecule has 1 amide bonds. The minimum atomic E-state index is -1.83. The van der Waals surface area contributed by atoms with Crippen LogP contribution < -0.4 is 11.1 Å². The topological polar surface area (TPSA) is 126 Å². The van der Waals surface area contributed by atoms with Crippen LogP contribution in [0.2, 0.25) is 0 Å². The minimum Gasteiger partial charge on any atom is -0.450 e. The molecule has 0 saturated heterocycles. The molecule has 1 aliphatic rings. The monoisotopic (exact) mass is 239 g/mol. The van der Waals surface area contributed by atoms with Crippen molar-refractivity contribution < 1.29 is 19.8 Å². The predicted molar refractivity (Wildman–Crippen MR) is 59.8 cm³/mol. The van der Waals surface area contributed by atoms with Gasteiger partial charge in [-0.1, -0.05) is 0 Å². The summed E-state index contributed by atoms with van der Waals surface area (Å²) in [7, 11) is 0. The molecule has 0 radical (unpaired) electrons. The SMILES string of the molecule is Nc1cncc(C(=O)NC2CC2)c1.O=C(O)O. The second kappa shape index (κ2) is 5.69. The summed E-state index contributed by atoms with van der Waals surface area (Å²) >= 11 is 0. The number of rotatable bonds is 2. The molecule has 0 atom stereocenters. The second-order valence-corrected chi connectivity index (χ2v) is 3.54. The van der Waals surface area contributed by atoms with Gasteiger partial charge in [0.25, 0.3) is 5.91 Å². The van der Waals surface area contributed by atoms with Crippen LogP contribution in [0.5, 0.6) is 0 Å². The average Bonchev–Trinajstić information content (AvgIpc) is 3.00. The van der Waals surface area contributed by atoms with Crippen LogP contribution in [0.15, 0.2) is 18.5 Å². The Morgan fingerprint density at radius 2 is 1.94 bits per heavy atom. The van der Waals surface area contributed by atoms with Gasteiger partial charge in [0.2, 0.25) is 0 Å². The van der Waals surface area contributed by atoms with Crippen molar-refractivity contribution in [3.63, 3.8) is 0 Å². The van der Waals surface area contributed by atoms with E-state index in [1.165, 1.54) is 12.4 Å². The summed E-state index contributed by atoms with van der Waals surface area (Å²) in [5, 5.41) is 16.8. The van der Waals surface area contributed by atoms with Gasteiger partial charge in [-0.2, -0.15) is 0 Å². The van der Waals surface area contributed by atoms with E-state index in [9.17, 15) is 4.79 Å². The Kier molecular flexibility index (Phi) is 4.27. The molecule has 7 nitrogen and oxygen atoms in total. The van der Waals surface area contributed by atoms with Crippen molar-refractivity contribution in [1.82, 2.24) is 10.3 Å². The van der Waals surface area contributed by atoms with E-state index in [1.807, 2.05) is 0 Å². The van der Waals surface area contributed by atoms with Crippen molar-refractivity contribution in [2.45, 2.75) is 18.9 Å². The van der Waals surface area contributed by atoms with E-state index in [4.69, 9.17) is 20.7 Å². The van der Waals surface area contributed by atoms with Crippen molar-refractivity contribution in [2.75, 3.05) is 5.73 Å². The van der Waals surface area contributed by atoms with Crippen LogP contribution in [0.3, 0.4) is 0 Å². The largest absolute Gasteiger partial charge is 0.503 e. The molecule has 1 fully saturated rings. The molecule has 0 bridgehead atoms. The van der Waals surface area contributed by atoms with Crippen LogP contribution in [-0.2, 0) is 0 Å².